The minimum Gasteiger partial charge on any atom is -0.494 e. The monoisotopic (exact) mass is 416 g/mol. The van der Waals surface area contributed by atoms with Gasteiger partial charge in [0, 0.05) is 0 Å². The number of aromatic nitrogens is 1. The number of carboxylic acid groups (broad SMARTS) is 1. The van der Waals surface area contributed by atoms with Gasteiger partial charge < -0.3 is 15.9 Å². The second kappa shape index (κ2) is 8.57. The van der Waals surface area contributed by atoms with Crippen molar-refractivity contribution in [3.05, 3.63) is 98.0 Å². The van der Waals surface area contributed by atoms with Crippen LogP contribution in [-0.4, -0.2) is 26.7 Å². The molecule has 0 aliphatic heterocycles. The topological polar surface area (TPSA) is 123 Å². The third-order valence-corrected chi connectivity index (χ3v) is 4.80. The van der Waals surface area contributed by atoms with E-state index in [1.807, 2.05) is 31.2 Å². The highest BCUT2D eigenvalue weighted by atomic mass is 16.4. The lowest BCUT2D eigenvalue weighted by Crippen LogP contribution is -2.27. The van der Waals surface area contributed by atoms with E-state index >= 15 is 0 Å². The van der Waals surface area contributed by atoms with Gasteiger partial charge in [0.05, 0.1) is 16.8 Å². The van der Waals surface area contributed by atoms with Gasteiger partial charge in [-0.2, -0.15) is 0 Å². The number of rotatable bonds is 5. The molecule has 0 aliphatic carbocycles. The minimum absolute atomic E-state index is 0.0821. The van der Waals surface area contributed by atoms with Crippen molar-refractivity contribution in [2.24, 2.45) is 5.73 Å². The standard InChI is InChI=1S/C24H20N2O5/c1-14-9-11-16(12-10-14)5-3-8-19-15(2)20(21(25)27)23(29)26(22(19)28)18-7-4-6-17(13-18)24(30)31/h4-13,29H,1-2H3,(H2,25,27)(H,30,31). The number of carboxylic acids is 1. The van der Waals surface area contributed by atoms with Gasteiger partial charge in [-0.3, -0.25) is 9.59 Å². The van der Waals surface area contributed by atoms with E-state index in [0.717, 1.165) is 15.7 Å². The summed E-state index contributed by atoms with van der Waals surface area (Å²) < 4.78 is 0.860. The first kappa shape index (κ1) is 21.4. The SMILES string of the molecule is Cc1ccc(C=C=Cc2c(C)c(C(N)=O)c(O)n(-c3cccc(C(=O)O)c3)c2=O)cc1. The molecular weight excluding hydrogens is 396 g/mol. The molecule has 0 unspecified atom stereocenters. The number of nitrogens with zero attached hydrogens (tertiary/aromatic N) is 1. The van der Waals surface area contributed by atoms with E-state index in [2.05, 4.69) is 5.73 Å². The number of aryl methyl sites for hydroxylation is 1. The van der Waals surface area contributed by atoms with E-state index in [-0.39, 0.29) is 27.9 Å². The molecule has 2 aromatic carbocycles. The van der Waals surface area contributed by atoms with Crippen molar-refractivity contribution >= 4 is 24.0 Å². The molecule has 0 fully saturated rings. The van der Waals surface area contributed by atoms with Crippen LogP contribution in [0, 0.1) is 13.8 Å². The quantitative estimate of drug-likeness (QED) is 0.551. The fourth-order valence-electron chi connectivity index (χ4n) is 3.16. The summed E-state index contributed by atoms with van der Waals surface area (Å²) in [7, 11) is 0. The highest BCUT2D eigenvalue weighted by Crippen LogP contribution is 2.25. The molecule has 1 heterocycles. The van der Waals surface area contributed by atoms with E-state index < -0.39 is 23.3 Å². The van der Waals surface area contributed by atoms with Crippen LogP contribution in [0.5, 0.6) is 5.88 Å². The molecule has 0 saturated carbocycles. The van der Waals surface area contributed by atoms with Crippen molar-refractivity contribution in [2.75, 3.05) is 0 Å². The van der Waals surface area contributed by atoms with Crippen molar-refractivity contribution in [1.82, 2.24) is 4.57 Å². The Hall–Kier alpha value is -4.35. The number of carbonyl (C=O) groups is 2. The lowest BCUT2D eigenvalue weighted by atomic mass is 10.0. The molecule has 0 atom stereocenters. The first-order valence-electron chi connectivity index (χ1n) is 9.32. The Labute approximate surface area is 178 Å². The normalized spacial score (nSPS) is 10.3. The van der Waals surface area contributed by atoms with Gasteiger partial charge in [-0.15, -0.1) is 5.73 Å². The van der Waals surface area contributed by atoms with Gasteiger partial charge in [-0.1, -0.05) is 35.9 Å². The molecule has 0 spiro atoms. The van der Waals surface area contributed by atoms with Gasteiger partial charge in [0.25, 0.3) is 11.5 Å². The fourth-order valence-corrected chi connectivity index (χ4v) is 3.16. The Morgan fingerprint density at radius 2 is 1.74 bits per heavy atom. The zero-order valence-corrected chi connectivity index (χ0v) is 16.9. The molecule has 0 saturated heterocycles. The fraction of sp³-hybridized carbons (Fsp3) is 0.0833. The second-order valence-electron chi connectivity index (χ2n) is 6.96. The summed E-state index contributed by atoms with van der Waals surface area (Å²) in [5.41, 5.74) is 9.75. The summed E-state index contributed by atoms with van der Waals surface area (Å²) in [6.07, 6.45) is 3.07. The summed E-state index contributed by atoms with van der Waals surface area (Å²) >= 11 is 0. The predicted molar refractivity (Wildman–Crippen MR) is 118 cm³/mol. The maximum atomic E-state index is 13.2. The lowest BCUT2D eigenvalue weighted by molar-refractivity contribution is 0.0696. The average molecular weight is 416 g/mol. The van der Waals surface area contributed by atoms with Crippen molar-refractivity contribution in [2.45, 2.75) is 13.8 Å². The minimum atomic E-state index is -1.20. The number of primary amides is 1. The highest BCUT2D eigenvalue weighted by Gasteiger charge is 2.22. The predicted octanol–water partition coefficient (Wildman–Crippen LogP) is 3.28. The number of hydrogen-bond acceptors (Lipinski definition) is 4. The van der Waals surface area contributed by atoms with Crippen LogP contribution in [0.25, 0.3) is 17.8 Å². The van der Waals surface area contributed by atoms with E-state index in [9.17, 15) is 24.6 Å². The van der Waals surface area contributed by atoms with Gasteiger partial charge in [-0.05, 0) is 55.3 Å². The number of pyridine rings is 1. The molecule has 1 amide bonds. The van der Waals surface area contributed by atoms with Crippen molar-refractivity contribution < 1.29 is 19.8 Å². The largest absolute Gasteiger partial charge is 0.494 e. The Bertz CT molecular complexity index is 1310. The number of hydrogen-bond donors (Lipinski definition) is 3. The summed E-state index contributed by atoms with van der Waals surface area (Å²) in [5, 5.41) is 19.9. The summed E-state index contributed by atoms with van der Waals surface area (Å²) in [4.78, 5) is 36.5. The van der Waals surface area contributed by atoms with E-state index in [1.54, 1.807) is 6.08 Å². The molecule has 3 rings (SSSR count). The summed E-state index contributed by atoms with van der Waals surface area (Å²) in [6.45, 7) is 3.47. The zero-order chi connectivity index (χ0) is 22.7. The Morgan fingerprint density at radius 1 is 1.06 bits per heavy atom. The van der Waals surface area contributed by atoms with Crippen LogP contribution in [0.4, 0.5) is 0 Å². The number of aromatic hydroxyl groups is 1. The van der Waals surface area contributed by atoms with Crippen LogP contribution in [0.3, 0.4) is 0 Å². The van der Waals surface area contributed by atoms with Gasteiger partial charge in [0.15, 0.2) is 0 Å². The number of amides is 1. The summed E-state index contributed by atoms with van der Waals surface area (Å²) in [6, 6.07) is 13.1. The maximum absolute atomic E-state index is 13.2. The zero-order valence-electron chi connectivity index (χ0n) is 16.9. The van der Waals surface area contributed by atoms with E-state index in [0.29, 0.717) is 0 Å². The molecule has 1 aromatic heterocycles. The lowest BCUT2D eigenvalue weighted by Gasteiger charge is -2.15. The Balaban J connectivity index is 2.25. The third kappa shape index (κ3) is 4.32. The first-order valence-corrected chi connectivity index (χ1v) is 9.32. The third-order valence-electron chi connectivity index (χ3n) is 4.80. The van der Waals surface area contributed by atoms with Crippen molar-refractivity contribution in [3.63, 3.8) is 0 Å². The summed E-state index contributed by atoms with van der Waals surface area (Å²) in [5.74, 6) is -2.77. The van der Waals surface area contributed by atoms with Crippen LogP contribution >= 0.6 is 0 Å². The molecule has 0 aliphatic rings. The van der Waals surface area contributed by atoms with Crippen LogP contribution in [-0.2, 0) is 0 Å². The molecule has 31 heavy (non-hydrogen) atoms. The van der Waals surface area contributed by atoms with E-state index in [4.69, 9.17) is 5.73 Å². The van der Waals surface area contributed by atoms with Crippen molar-refractivity contribution in [1.29, 1.82) is 0 Å². The van der Waals surface area contributed by atoms with Crippen LogP contribution in [0.2, 0.25) is 0 Å². The van der Waals surface area contributed by atoms with Crippen molar-refractivity contribution in [3.8, 4) is 11.6 Å². The number of benzene rings is 2. The Kier molecular flexibility index (Phi) is 5.90. The number of aromatic carboxylic acids is 1. The highest BCUT2D eigenvalue weighted by molar-refractivity contribution is 5.97. The van der Waals surface area contributed by atoms with Gasteiger partial charge >= 0.3 is 5.97 Å². The van der Waals surface area contributed by atoms with Gasteiger partial charge in [0.1, 0.15) is 5.56 Å². The first-order chi connectivity index (χ1) is 14.7. The average Bonchev–Trinajstić information content (AvgIpc) is 2.71. The molecule has 7 nitrogen and oxygen atoms in total. The molecule has 0 radical (unpaired) electrons. The molecule has 4 N–H and O–H groups in total. The maximum Gasteiger partial charge on any atom is 0.335 e. The Morgan fingerprint density at radius 3 is 2.35 bits per heavy atom. The second-order valence-corrected chi connectivity index (χ2v) is 6.96. The van der Waals surface area contributed by atoms with Crippen LogP contribution in [0.15, 0.2) is 59.1 Å². The van der Waals surface area contributed by atoms with E-state index in [1.165, 1.54) is 37.3 Å². The smallest absolute Gasteiger partial charge is 0.335 e. The van der Waals surface area contributed by atoms with Gasteiger partial charge in [-0.25, -0.2) is 9.36 Å². The van der Waals surface area contributed by atoms with Crippen LogP contribution in [0.1, 0.15) is 43.0 Å². The number of nitrogens with two attached hydrogens (primary N) is 1. The molecule has 156 valence electrons. The molecule has 7 heteroatoms. The molecule has 0 bridgehead atoms. The molecule has 3 aromatic rings. The number of carbonyl (C=O) groups excluding carboxylic acids is 1. The van der Waals surface area contributed by atoms with Crippen LogP contribution < -0.4 is 11.3 Å². The molecular formula is C24H20N2O5. The van der Waals surface area contributed by atoms with Gasteiger partial charge in [0.2, 0.25) is 5.88 Å².